The van der Waals surface area contributed by atoms with Crippen LogP contribution in [0.1, 0.15) is 103 Å². The molecular formula is C28H40F2N2O. The number of ether oxygens (including phenoxy) is 1. The summed E-state index contributed by atoms with van der Waals surface area (Å²) in [6.07, 6.45) is 21.9. The molecule has 1 aromatic carbocycles. The van der Waals surface area contributed by atoms with E-state index in [1.165, 1.54) is 76.2 Å². The highest BCUT2D eigenvalue weighted by atomic mass is 19.2. The van der Waals surface area contributed by atoms with Crippen LogP contribution in [-0.2, 0) is 0 Å². The number of nitrogens with zero attached hydrogens (tertiary/aromatic N) is 2. The van der Waals surface area contributed by atoms with Gasteiger partial charge < -0.3 is 4.74 Å². The van der Waals surface area contributed by atoms with E-state index in [2.05, 4.69) is 23.8 Å². The lowest BCUT2D eigenvalue weighted by Crippen LogP contribution is -2.00. The fourth-order valence-electron chi connectivity index (χ4n) is 3.72. The first-order chi connectivity index (χ1) is 16.2. The van der Waals surface area contributed by atoms with Gasteiger partial charge in [-0.2, -0.15) is 0 Å². The van der Waals surface area contributed by atoms with Gasteiger partial charge in [0.1, 0.15) is 0 Å². The summed E-state index contributed by atoms with van der Waals surface area (Å²) in [5.74, 6) is -1.08. The second-order valence-electron chi connectivity index (χ2n) is 8.65. The van der Waals surface area contributed by atoms with Crippen LogP contribution in [0.3, 0.4) is 0 Å². The highest BCUT2D eigenvalue weighted by Crippen LogP contribution is 2.25. The molecule has 1 heterocycles. The first-order valence-electron chi connectivity index (χ1n) is 12.8. The third-order valence-corrected chi connectivity index (χ3v) is 5.77. The van der Waals surface area contributed by atoms with Gasteiger partial charge in [-0.15, -0.1) is 0 Å². The van der Waals surface area contributed by atoms with E-state index in [1.807, 2.05) is 6.08 Å². The van der Waals surface area contributed by atoms with Gasteiger partial charge in [-0.25, -0.2) is 18.7 Å². The molecule has 1 aromatic heterocycles. The Morgan fingerprint density at radius 3 is 2.03 bits per heavy atom. The van der Waals surface area contributed by atoms with Gasteiger partial charge in [0.05, 0.1) is 24.6 Å². The zero-order valence-electron chi connectivity index (χ0n) is 20.4. The number of aromatic nitrogens is 2. The lowest BCUT2D eigenvalue weighted by molar-refractivity contribution is 0.302. The smallest absolute Gasteiger partial charge is 0.170 e. The zero-order chi connectivity index (χ0) is 23.7. The fraction of sp³-hybridized carbons (Fsp3) is 0.571. The Balaban J connectivity index is 1.82. The van der Waals surface area contributed by atoms with E-state index in [-0.39, 0.29) is 17.0 Å². The SMILES string of the molecule is CCCCCCCC=Cc1ccc(-c2ncc(OCCCCCCCCC)cn2)c(F)c1F. The molecule has 3 nitrogen and oxygen atoms in total. The molecule has 2 rings (SSSR count). The van der Waals surface area contributed by atoms with Crippen LogP contribution in [0.15, 0.2) is 30.6 Å². The molecule has 0 radical (unpaired) electrons. The molecule has 0 spiro atoms. The predicted octanol–water partition coefficient (Wildman–Crippen LogP) is 8.92. The van der Waals surface area contributed by atoms with Crippen molar-refractivity contribution in [2.24, 2.45) is 0 Å². The minimum absolute atomic E-state index is 0.0582. The Hall–Kier alpha value is -2.30. The Morgan fingerprint density at radius 2 is 1.36 bits per heavy atom. The molecule has 0 atom stereocenters. The second kappa shape index (κ2) is 16.3. The summed E-state index contributed by atoms with van der Waals surface area (Å²) in [7, 11) is 0. The van der Waals surface area contributed by atoms with Crippen molar-refractivity contribution in [2.45, 2.75) is 97.3 Å². The fourth-order valence-corrected chi connectivity index (χ4v) is 3.72. The third-order valence-electron chi connectivity index (χ3n) is 5.77. The monoisotopic (exact) mass is 458 g/mol. The largest absolute Gasteiger partial charge is 0.490 e. The normalized spacial score (nSPS) is 11.4. The van der Waals surface area contributed by atoms with Gasteiger partial charge in [-0.3, -0.25) is 0 Å². The standard InChI is InChI=1S/C28H40F2N2O/c1-3-5-7-9-11-13-15-17-23-18-19-25(27(30)26(23)29)28-31-21-24(22-32-28)33-20-16-14-12-10-8-6-4-2/h15,17-19,21-22H,3-14,16,20H2,1-2H3. The molecular weight excluding hydrogens is 418 g/mol. The van der Waals surface area contributed by atoms with Crippen LogP contribution in [0, 0.1) is 11.6 Å². The van der Waals surface area contributed by atoms with E-state index >= 15 is 0 Å². The molecule has 0 aliphatic rings. The number of hydrogen-bond acceptors (Lipinski definition) is 3. The van der Waals surface area contributed by atoms with Gasteiger partial charge in [-0.05, 0) is 25.3 Å². The van der Waals surface area contributed by atoms with E-state index in [9.17, 15) is 8.78 Å². The Morgan fingerprint density at radius 1 is 0.758 bits per heavy atom. The van der Waals surface area contributed by atoms with E-state index in [1.54, 1.807) is 12.1 Å². The molecule has 0 saturated heterocycles. The van der Waals surface area contributed by atoms with Crippen molar-refractivity contribution in [1.29, 1.82) is 0 Å². The van der Waals surface area contributed by atoms with Crippen LogP contribution in [-0.4, -0.2) is 16.6 Å². The lowest BCUT2D eigenvalue weighted by atomic mass is 10.1. The van der Waals surface area contributed by atoms with Crippen LogP contribution in [0.2, 0.25) is 0 Å². The van der Waals surface area contributed by atoms with Crippen molar-refractivity contribution in [1.82, 2.24) is 9.97 Å². The van der Waals surface area contributed by atoms with Gasteiger partial charge >= 0.3 is 0 Å². The third kappa shape index (κ3) is 10.0. The molecule has 182 valence electrons. The highest BCUT2D eigenvalue weighted by molar-refractivity contribution is 5.61. The number of allylic oxidation sites excluding steroid dienone is 1. The molecule has 0 fully saturated rings. The van der Waals surface area contributed by atoms with E-state index < -0.39 is 11.6 Å². The molecule has 33 heavy (non-hydrogen) atoms. The van der Waals surface area contributed by atoms with Gasteiger partial charge in [-0.1, -0.05) is 96.3 Å². The van der Waals surface area contributed by atoms with Crippen LogP contribution >= 0.6 is 0 Å². The second-order valence-corrected chi connectivity index (χ2v) is 8.65. The van der Waals surface area contributed by atoms with E-state index in [0.717, 1.165) is 25.7 Å². The topological polar surface area (TPSA) is 35.0 Å². The van der Waals surface area contributed by atoms with Crippen molar-refractivity contribution >= 4 is 6.08 Å². The minimum Gasteiger partial charge on any atom is -0.490 e. The lowest BCUT2D eigenvalue weighted by Gasteiger charge is -2.08. The molecule has 0 aliphatic heterocycles. The Kier molecular flexibility index (Phi) is 13.3. The van der Waals surface area contributed by atoms with Crippen molar-refractivity contribution in [3.8, 4) is 17.1 Å². The van der Waals surface area contributed by atoms with Crippen molar-refractivity contribution in [2.75, 3.05) is 6.61 Å². The maximum Gasteiger partial charge on any atom is 0.170 e. The molecule has 2 aromatic rings. The van der Waals surface area contributed by atoms with Crippen LogP contribution < -0.4 is 4.74 Å². The van der Waals surface area contributed by atoms with Gasteiger partial charge in [0.2, 0.25) is 0 Å². The van der Waals surface area contributed by atoms with Crippen LogP contribution in [0.25, 0.3) is 17.5 Å². The number of hydrogen-bond donors (Lipinski definition) is 0. The molecule has 5 heteroatoms. The summed E-state index contributed by atoms with van der Waals surface area (Å²) in [5, 5.41) is 0. The first-order valence-corrected chi connectivity index (χ1v) is 12.8. The maximum absolute atomic E-state index is 14.6. The molecule has 0 N–H and O–H groups in total. The predicted molar refractivity (Wildman–Crippen MR) is 133 cm³/mol. The van der Waals surface area contributed by atoms with E-state index in [4.69, 9.17) is 4.74 Å². The summed E-state index contributed by atoms with van der Waals surface area (Å²) in [5.41, 5.74) is 0.308. The number of rotatable bonds is 17. The minimum atomic E-state index is -0.920. The summed E-state index contributed by atoms with van der Waals surface area (Å²) < 4.78 is 34.9. The van der Waals surface area contributed by atoms with Crippen LogP contribution in [0.5, 0.6) is 5.75 Å². The van der Waals surface area contributed by atoms with Gasteiger partial charge in [0, 0.05) is 5.56 Å². The molecule has 0 unspecified atom stereocenters. The summed E-state index contributed by atoms with van der Waals surface area (Å²) in [6, 6.07) is 3.11. The van der Waals surface area contributed by atoms with Crippen molar-refractivity contribution in [3.05, 3.63) is 47.8 Å². The summed E-state index contributed by atoms with van der Waals surface area (Å²) in [4.78, 5) is 8.36. The van der Waals surface area contributed by atoms with Crippen molar-refractivity contribution < 1.29 is 13.5 Å². The summed E-state index contributed by atoms with van der Waals surface area (Å²) >= 11 is 0. The van der Waals surface area contributed by atoms with Crippen LogP contribution in [0.4, 0.5) is 8.78 Å². The average Bonchev–Trinajstić information content (AvgIpc) is 2.83. The molecule has 0 bridgehead atoms. The zero-order valence-corrected chi connectivity index (χ0v) is 20.4. The highest BCUT2D eigenvalue weighted by Gasteiger charge is 2.15. The molecule has 0 amide bonds. The van der Waals surface area contributed by atoms with Gasteiger partial charge in [0.15, 0.2) is 23.2 Å². The average molecular weight is 459 g/mol. The Bertz CT molecular complexity index is 821. The van der Waals surface area contributed by atoms with E-state index in [0.29, 0.717) is 12.4 Å². The number of unbranched alkanes of at least 4 members (excludes halogenated alkanes) is 11. The number of benzene rings is 1. The van der Waals surface area contributed by atoms with Crippen molar-refractivity contribution in [3.63, 3.8) is 0 Å². The first kappa shape index (κ1) is 26.9. The number of halogens is 2. The van der Waals surface area contributed by atoms with Gasteiger partial charge in [0.25, 0.3) is 0 Å². The maximum atomic E-state index is 14.6. The molecule has 0 aliphatic carbocycles. The Labute approximate surface area is 198 Å². The summed E-state index contributed by atoms with van der Waals surface area (Å²) in [6.45, 7) is 5.02. The quantitative estimate of drug-likeness (QED) is 0.222. The molecule has 0 saturated carbocycles.